The molecule has 0 bridgehead atoms. The fourth-order valence-corrected chi connectivity index (χ4v) is 3.81. The first-order valence-electron chi connectivity index (χ1n) is 9.55. The highest BCUT2D eigenvalue weighted by atomic mass is 35.5. The standard InChI is InChI=1S/C19H20ClF2N5O3/c20-17-16(12-23-27(18(17)28)15-2-1-13(21)11-14(15)22)24-3-5-25(6-4-24)19(29)26-7-9-30-10-8-26/h1-2,11-12H,3-10H2. The molecule has 160 valence electrons. The molecule has 1 aromatic heterocycles. The van der Waals surface area contributed by atoms with Gasteiger partial charge in [0.2, 0.25) is 0 Å². The number of amides is 2. The summed E-state index contributed by atoms with van der Waals surface area (Å²) in [6.07, 6.45) is 1.38. The van der Waals surface area contributed by atoms with Crippen LogP contribution in [0.5, 0.6) is 0 Å². The number of carbonyl (C=O) groups is 1. The second-order valence-corrected chi connectivity index (χ2v) is 7.39. The average Bonchev–Trinajstić information content (AvgIpc) is 2.76. The SMILES string of the molecule is O=C(N1CCOCC1)N1CCN(c2cnn(-c3ccc(F)cc3F)c(=O)c2Cl)CC1. The van der Waals surface area contributed by atoms with Crippen molar-refractivity contribution >= 4 is 23.3 Å². The van der Waals surface area contributed by atoms with Crippen molar-refractivity contribution in [3.8, 4) is 5.69 Å². The van der Waals surface area contributed by atoms with Gasteiger partial charge in [0.25, 0.3) is 5.56 Å². The lowest BCUT2D eigenvalue weighted by atomic mass is 10.2. The number of urea groups is 1. The number of morpholine rings is 1. The molecule has 1 aromatic carbocycles. The van der Waals surface area contributed by atoms with Gasteiger partial charge in [0.1, 0.15) is 16.5 Å². The van der Waals surface area contributed by atoms with Gasteiger partial charge in [0.05, 0.1) is 25.1 Å². The molecule has 0 spiro atoms. The van der Waals surface area contributed by atoms with E-state index in [0.29, 0.717) is 64.2 Å². The first-order chi connectivity index (χ1) is 14.5. The highest BCUT2D eigenvalue weighted by Crippen LogP contribution is 2.24. The number of nitrogens with zero attached hydrogens (tertiary/aromatic N) is 5. The van der Waals surface area contributed by atoms with Crippen LogP contribution in [0.2, 0.25) is 5.02 Å². The molecular weight excluding hydrogens is 420 g/mol. The van der Waals surface area contributed by atoms with Gasteiger partial charge < -0.3 is 19.4 Å². The number of anilines is 1. The topological polar surface area (TPSA) is 70.9 Å². The molecule has 0 unspecified atom stereocenters. The molecule has 2 amide bonds. The molecule has 3 heterocycles. The van der Waals surface area contributed by atoms with E-state index in [0.717, 1.165) is 16.8 Å². The van der Waals surface area contributed by atoms with Crippen LogP contribution in [0.25, 0.3) is 5.69 Å². The van der Waals surface area contributed by atoms with E-state index in [9.17, 15) is 18.4 Å². The highest BCUT2D eigenvalue weighted by molar-refractivity contribution is 6.33. The van der Waals surface area contributed by atoms with Gasteiger partial charge in [-0.05, 0) is 12.1 Å². The van der Waals surface area contributed by atoms with E-state index in [1.54, 1.807) is 9.80 Å². The number of hydrogen-bond donors (Lipinski definition) is 0. The van der Waals surface area contributed by atoms with Gasteiger partial charge in [0.15, 0.2) is 5.82 Å². The minimum atomic E-state index is -0.913. The van der Waals surface area contributed by atoms with E-state index < -0.39 is 17.2 Å². The van der Waals surface area contributed by atoms with Gasteiger partial charge in [-0.15, -0.1) is 0 Å². The van der Waals surface area contributed by atoms with Gasteiger partial charge in [-0.25, -0.2) is 13.6 Å². The Morgan fingerprint density at radius 1 is 1.00 bits per heavy atom. The van der Waals surface area contributed by atoms with Crippen LogP contribution in [0.3, 0.4) is 0 Å². The van der Waals surface area contributed by atoms with E-state index in [4.69, 9.17) is 16.3 Å². The van der Waals surface area contributed by atoms with Crippen LogP contribution in [0, 0.1) is 11.6 Å². The fraction of sp³-hybridized carbons (Fsp3) is 0.421. The minimum absolute atomic E-state index is 0.0237. The van der Waals surface area contributed by atoms with Crippen molar-refractivity contribution in [2.75, 3.05) is 57.4 Å². The Morgan fingerprint density at radius 3 is 2.33 bits per heavy atom. The summed E-state index contributed by atoms with van der Waals surface area (Å²) >= 11 is 6.27. The molecule has 2 aromatic rings. The molecule has 0 saturated carbocycles. The molecule has 2 fully saturated rings. The lowest BCUT2D eigenvalue weighted by Crippen LogP contribution is -2.55. The molecule has 0 radical (unpaired) electrons. The Hall–Kier alpha value is -2.72. The second-order valence-electron chi connectivity index (χ2n) is 7.01. The maximum absolute atomic E-state index is 14.0. The molecule has 0 N–H and O–H groups in total. The molecule has 0 aliphatic carbocycles. The third-order valence-electron chi connectivity index (χ3n) is 5.21. The predicted molar refractivity (Wildman–Crippen MR) is 106 cm³/mol. The van der Waals surface area contributed by atoms with Crippen LogP contribution in [0.15, 0.2) is 29.2 Å². The van der Waals surface area contributed by atoms with Crippen molar-refractivity contribution in [3.05, 3.63) is 51.4 Å². The Kier molecular flexibility index (Phi) is 5.87. The molecule has 11 heteroatoms. The Bertz CT molecular complexity index is 1000. The summed E-state index contributed by atoms with van der Waals surface area (Å²) in [5.74, 6) is -1.67. The van der Waals surface area contributed by atoms with Gasteiger partial charge in [-0.1, -0.05) is 11.6 Å². The lowest BCUT2D eigenvalue weighted by molar-refractivity contribution is 0.0428. The van der Waals surface area contributed by atoms with E-state index in [1.807, 2.05) is 4.90 Å². The predicted octanol–water partition coefficient (Wildman–Crippen LogP) is 1.74. The van der Waals surface area contributed by atoms with Crippen molar-refractivity contribution in [2.45, 2.75) is 0 Å². The van der Waals surface area contributed by atoms with E-state index in [-0.39, 0.29) is 16.7 Å². The molecule has 30 heavy (non-hydrogen) atoms. The quantitative estimate of drug-likeness (QED) is 0.713. The van der Waals surface area contributed by atoms with Crippen LogP contribution in [-0.2, 0) is 4.74 Å². The van der Waals surface area contributed by atoms with Gasteiger partial charge in [0, 0.05) is 45.3 Å². The molecular formula is C19H20ClF2N5O3. The summed E-state index contributed by atoms with van der Waals surface area (Å²) in [5, 5.41) is 3.91. The Balaban J connectivity index is 1.48. The zero-order valence-electron chi connectivity index (χ0n) is 16.1. The fourth-order valence-electron chi connectivity index (χ4n) is 3.56. The van der Waals surface area contributed by atoms with Crippen molar-refractivity contribution in [1.82, 2.24) is 19.6 Å². The summed E-state index contributed by atoms with van der Waals surface area (Å²) in [5.41, 5.74) is -0.471. The number of halogens is 3. The zero-order chi connectivity index (χ0) is 21.3. The maximum Gasteiger partial charge on any atom is 0.320 e. The third-order valence-corrected chi connectivity index (χ3v) is 5.57. The summed E-state index contributed by atoms with van der Waals surface area (Å²) in [6, 6.07) is 2.82. The summed E-state index contributed by atoms with van der Waals surface area (Å²) in [6.45, 7) is 4.14. The number of benzene rings is 1. The monoisotopic (exact) mass is 439 g/mol. The number of hydrogen-bond acceptors (Lipinski definition) is 5. The lowest BCUT2D eigenvalue weighted by Gasteiger charge is -2.39. The van der Waals surface area contributed by atoms with Crippen LogP contribution in [-0.4, -0.2) is 78.1 Å². The number of carbonyl (C=O) groups excluding carboxylic acids is 1. The van der Waals surface area contributed by atoms with Crippen molar-refractivity contribution in [3.63, 3.8) is 0 Å². The first-order valence-corrected chi connectivity index (χ1v) is 9.93. The van der Waals surface area contributed by atoms with Crippen LogP contribution < -0.4 is 10.5 Å². The van der Waals surface area contributed by atoms with Crippen LogP contribution in [0.4, 0.5) is 19.3 Å². The van der Waals surface area contributed by atoms with Crippen LogP contribution in [0.1, 0.15) is 0 Å². The van der Waals surface area contributed by atoms with Crippen molar-refractivity contribution < 1.29 is 18.3 Å². The van der Waals surface area contributed by atoms with E-state index >= 15 is 0 Å². The number of rotatable bonds is 2. The van der Waals surface area contributed by atoms with E-state index in [2.05, 4.69) is 5.10 Å². The summed E-state index contributed by atoms with van der Waals surface area (Å²) in [4.78, 5) is 30.6. The van der Waals surface area contributed by atoms with Crippen LogP contribution >= 0.6 is 11.6 Å². The van der Waals surface area contributed by atoms with E-state index in [1.165, 1.54) is 6.20 Å². The molecule has 2 aliphatic heterocycles. The van der Waals surface area contributed by atoms with Crippen molar-refractivity contribution in [1.29, 1.82) is 0 Å². The largest absolute Gasteiger partial charge is 0.378 e. The maximum atomic E-state index is 14.0. The minimum Gasteiger partial charge on any atom is -0.378 e. The zero-order valence-corrected chi connectivity index (χ0v) is 16.8. The molecule has 4 rings (SSSR count). The van der Waals surface area contributed by atoms with Gasteiger partial charge in [-0.2, -0.15) is 9.78 Å². The number of ether oxygens (including phenoxy) is 1. The summed E-state index contributed by atoms with van der Waals surface area (Å²) in [7, 11) is 0. The molecule has 8 nitrogen and oxygen atoms in total. The third kappa shape index (κ3) is 3.97. The highest BCUT2D eigenvalue weighted by Gasteiger charge is 2.28. The molecule has 2 aliphatic rings. The first kappa shape index (κ1) is 20.5. The smallest absolute Gasteiger partial charge is 0.320 e. The van der Waals surface area contributed by atoms with Gasteiger partial charge in [-0.3, -0.25) is 4.79 Å². The average molecular weight is 440 g/mol. The van der Waals surface area contributed by atoms with Crippen molar-refractivity contribution in [2.24, 2.45) is 0 Å². The number of piperazine rings is 1. The summed E-state index contributed by atoms with van der Waals surface area (Å²) < 4.78 is 33.3. The molecule has 2 saturated heterocycles. The Labute approximate surface area is 176 Å². The molecule has 0 atom stereocenters. The normalized spacial score (nSPS) is 17.4. The second kappa shape index (κ2) is 8.57. The Morgan fingerprint density at radius 2 is 1.67 bits per heavy atom. The number of aromatic nitrogens is 2. The van der Waals surface area contributed by atoms with Gasteiger partial charge >= 0.3 is 6.03 Å².